The second-order valence-electron chi connectivity index (χ2n) is 4.33. The van der Waals surface area contributed by atoms with Gasteiger partial charge in [0.25, 0.3) is 0 Å². The summed E-state index contributed by atoms with van der Waals surface area (Å²) in [5.74, 6) is -2.72. The van der Waals surface area contributed by atoms with Gasteiger partial charge in [-0.2, -0.15) is 0 Å². The third-order valence-electron chi connectivity index (χ3n) is 2.78. The first-order chi connectivity index (χ1) is 9.40. The molecule has 20 heavy (non-hydrogen) atoms. The zero-order valence-electron chi connectivity index (χ0n) is 10.5. The lowest BCUT2D eigenvalue weighted by Crippen LogP contribution is -2.32. The molecular formula is C12H12F2N4O2. The van der Waals surface area contributed by atoms with Crippen molar-refractivity contribution in [2.45, 2.75) is 19.4 Å². The smallest absolute Gasteiger partial charge is 0.320 e. The van der Waals surface area contributed by atoms with Crippen molar-refractivity contribution in [3.63, 3.8) is 0 Å². The van der Waals surface area contributed by atoms with Gasteiger partial charge in [-0.1, -0.05) is 11.3 Å². The number of carbonyl (C=O) groups is 1. The molecule has 1 heterocycles. The molecule has 2 rings (SSSR count). The van der Waals surface area contributed by atoms with Crippen LogP contribution in [0.2, 0.25) is 0 Å². The summed E-state index contributed by atoms with van der Waals surface area (Å²) in [5, 5.41) is 16.0. The van der Waals surface area contributed by atoms with E-state index in [4.69, 9.17) is 10.8 Å². The highest BCUT2D eigenvalue weighted by Gasteiger charge is 2.18. The predicted molar refractivity (Wildman–Crippen MR) is 65.3 cm³/mol. The lowest BCUT2D eigenvalue weighted by Gasteiger charge is -2.06. The molecule has 106 valence electrons. The van der Waals surface area contributed by atoms with Crippen LogP contribution >= 0.6 is 0 Å². The lowest BCUT2D eigenvalue weighted by molar-refractivity contribution is -0.138. The molecule has 0 aliphatic carbocycles. The average Bonchev–Trinajstić information content (AvgIpc) is 2.82. The molecule has 1 unspecified atom stereocenters. The van der Waals surface area contributed by atoms with Crippen molar-refractivity contribution in [2.24, 2.45) is 5.73 Å². The molecule has 0 radical (unpaired) electrons. The van der Waals surface area contributed by atoms with E-state index in [0.29, 0.717) is 0 Å². The van der Waals surface area contributed by atoms with Gasteiger partial charge in [-0.25, -0.2) is 13.5 Å². The molecule has 0 fully saturated rings. The topological polar surface area (TPSA) is 94.0 Å². The maximum Gasteiger partial charge on any atom is 0.320 e. The fourth-order valence-electron chi connectivity index (χ4n) is 1.67. The molecule has 3 N–H and O–H groups in total. The molecule has 6 nitrogen and oxygen atoms in total. The number of halogens is 2. The maximum absolute atomic E-state index is 13.9. The highest BCUT2D eigenvalue weighted by Crippen LogP contribution is 2.20. The van der Waals surface area contributed by atoms with E-state index >= 15 is 0 Å². The summed E-state index contributed by atoms with van der Waals surface area (Å²) >= 11 is 0. The van der Waals surface area contributed by atoms with Gasteiger partial charge >= 0.3 is 5.97 Å². The van der Waals surface area contributed by atoms with Crippen molar-refractivity contribution in [3.05, 3.63) is 41.2 Å². The lowest BCUT2D eigenvalue weighted by atomic mass is 10.2. The van der Waals surface area contributed by atoms with Gasteiger partial charge in [-0.05, 0) is 18.6 Å². The quantitative estimate of drug-likeness (QED) is 0.865. The molecule has 0 saturated heterocycles. The molecule has 1 aromatic heterocycles. The van der Waals surface area contributed by atoms with Crippen LogP contribution in [0, 0.1) is 18.6 Å². The zero-order chi connectivity index (χ0) is 14.9. The molecule has 8 heteroatoms. The molecule has 1 aromatic carbocycles. The van der Waals surface area contributed by atoms with Gasteiger partial charge in [0.2, 0.25) is 0 Å². The minimum atomic E-state index is -1.19. The van der Waals surface area contributed by atoms with Crippen molar-refractivity contribution < 1.29 is 18.7 Å². The van der Waals surface area contributed by atoms with Crippen LogP contribution in [-0.4, -0.2) is 32.1 Å². The van der Waals surface area contributed by atoms with Crippen LogP contribution in [0.3, 0.4) is 0 Å². The van der Waals surface area contributed by atoms with Gasteiger partial charge < -0.3 is 10.8 Å². The Labute approximate surface area is 112 Å². The van der Waals surface area contributed by atoms with Gasteiger partial charge in [-0.15, -0.1) is 5.10 Å². The van der Waals surface area contributed by atoms with E-state index in [-0.39, 0.29) is 23.4 Å². The summed E-state index contributed by atoms with van der Waals surface area (Å²) < 4.78 is 28.5. The Bertz CT molecular complexity index is 657. The Morgan fingerprint density at radius 2 is 2.20 bits per heavy atom. The van der Waals surface area contributed by atoms with Crippen LogP contribution in [-0.2, 0) is 11.2 Å². The van der Waals surface area contributed by atoms with Crippen molar-refractivity contribution >= 4 is 5.97 Å². The third-order valence-corrected chi connectivity index (χ3v) is 2.78. The van der Waals surface area contributed by atoms with E-state index in [2.05, 4.69) is 10.3 Å². The Hall–Kier alpha value is -2.35. The van der Waals surface area contributed by atoms with E-state index in [1.54, 1.807) is 0 Å². The first-order valence-electron chi connectivity index (χ1n) is 5.74. The van der Waals surface area contributed by atoms with Gasteiger partial charge in [0.05, 0.1) is 11.9 Å². The number of hydrogen-bond donors (Lipinski definition) is 2. The number of hydrogen-bond acceptors (Lipinski definition) is 4. The zero-order valence-corrected chi connectivity index (χ0v) is 10.5. The van der Waals surface area contributed by atoms with Crippen molar-refractivity contribution in [3.8, 4) is 5.69 Å². The Balaban J connectivity index is 2.34. The van der Waals surface area contributed by atoms with Gasteiger partial charge in [0, 0.05) is 6.42 Å². The Morgan fingerprint density at radius 3 is 2.85 bits per heavy atom. The second kappa shape index (κ2) is 5.33. The molecule has 0 saturated carbocycles. The van der Waals surface area contributed by atoms with Crippen LogP contribution in [0.5, 0.6) is 0 Å². The first kappa shape index (κ1) is 14.1. The summed E-state index contributed by atoms with van der Waals surface area (Å²) in [6.07, 6.45) is 1.17. The molecular weight excluding hydrogens is 270 g/mol. The molecule has 2 aromatic rings. The Kier molecular flexibility index (Phi) is 3.75. The molecule has 0 aliphatic heterocycles. The average molecular weight is 282 g/mol. The van der Waals surface area contributed by atoms with Crippen molar-refractivity contribution in [1.82, 2.24) is 15.0 Å². The molecule has 0 bridgehead atoms. The number of rotatable bonds is 4. The number of aromatic nitrogens is 3. The van der Waals surface area contributed by atoms with Gasteiger partial charge in [0.15, 0.2) is 11.6 Å². The summed E-state index contributed by atoms with van der Waals surface area (Å²) in [6, 6.07) is 1.29. The number of carboxylic acids is 1. The fraction of sp³-hybridized carbons (Fsp3) is 0.250. The van der Waals surface area contributed by atoms with Crippen LogP contribution in [0.15, 0.2) is 18.3 Å². The van der Waals surface area contributed by atoms with Gasteiger partial charge in [-0.3, -0.25) is 4.79 Å². The number of nitrogens with two attached hydrogens (primary N) is 1. The molecule has 0 spiro atoms. The monoisotopic (exact) mass is 282 g/mol. The van der Waals surface area contributed by atoms with Crippen LogP contribution in [0.4, 0.5) is 8.78 Å². The standard InChI is InChI=1S/C12H12F2N4O2/c1-6-2-3-8(13)11(10(6)14)18-5-7(16-17-18)4-9(15)12(19)20/h2-3,5,9H,4,15H2,1H3,(H,19,20). The van der Waals surface area contributed by atoms with Crippen LogP contribution < -0.4 is 5.73 Å². The van der Waals surface area contributed by atoms with Crippen molar-refractivity contribution in [1.29, 1.82) is 0 Å². The van der Waals surface area contributed by atoms with Crippen LogP contribution in [0.1, 0.15) is 11.3 Å². The second-order valence-corrected chi connectivity index (χ2v) is 4.33. The molecule has 0 aliphatic rings. The van der Waals surface area contributed by atoms with Crippen molar-refractivity contribution in [2.75, 3.05) is 0 Å². The molecule has 0 amide bonds. The van der Waals surface area contributed by atoms with E-state index < -0.39 is 23.6 Å². The maximum atomic E-state index is 13.9. The summed E-state index contributed by atoms with van der Waals surface area (Å²) in [4.78, 5) is 10.6. The Morgan fingerprint density at radius 1 is 1.50 bits per heavy atom. The minimum Gasteiger partial charge on any atom is -0.480 e. The number of aryl methyl sites for hydroxylation is 1. The van der Waals surface area contributed by atoms with Crippen LogP contribution in [0.25, 0.3) is 5.69 Å². The third kappa shape index (κ3) is 2.64. The molecule has 1 atom stereocenters. The summed E-state index contributed by atoms with van der Waals surface area (Å²) in [5.41, 5.74) is 5.50. The van der Waals surface area contributed by atoms with E-state index in [1.165, 1.54) is 19.2 Å². The van der Waals surface area contributed by atoms with E-state index in [9.17, 15) is 13.6 Å². The highest BCUT2D eigenvalue weighted by atomic mass is 19.1. The van der Waals surface area contributed by atoms with Gasteiger partial charge in [0.1, 0.15) is 11.7 Å². The number of benzene rings is 1. The first-order valence-corrected chi connectivity index (χ1v) is 5.74. The largest absolute Gasteiger partial charge is 0.480 e. The normalized spacial score (nSPS) is 12.4. The fourth-order valence-corrected chi connectivity index (χ4v) is 1.67. The number of carboxylic acid groups (broad SMARTS) is 1. The number of aliphatic carboxylic acids is 1. The van der Waals surface area contributed by atoms with E-state index in [1.807, 2.05) is 0 Å². The van der Waals surface area contributed by atoms with E-state index in [0.717, 1.165) is 10.7 Å². The highest BCUT2D eigenvalue weighted by molar-refractivity contribution is 5.73. The summed E-state index contributed by atoms with van der Waals surface area (Å²) in [6.45, 7) is 1.50. The SMILES string of the molecule is Cc1ccc(F)c(-n2cc(CC(N)C(=O)O)nn2)c1F. The minimum absolute atomic E-state index is 0.0790. The summed E-state index contributed by atoms with van der Waals surface area (Å²) in [7, 11) is 0. The number of nitrogens with zero attached hydrogens (tertiary/aromatic N) is 3. The predicted octanol–water partition coefficient (Wildman–Crippen LogP) is 0.808.